The summed E-state index contributed by atoms with van der Waals surface area (Å²) in [5.74, 6) is -4.14. The molecule has 3 rings (SSSR count). The first-order valence-corrected chi connectivity index (χ1v) is 10.2. The smallest absolute Gasteiger partial charge is 0.341 e. The van der Waals surface area contributed by atoms with Crippen molar-refractivity contribution < 1.29 is 30.4 Å². The van der Waals surface area contributed by atoms with Crippen molar-refractivity contribution in [2.24, 2.45) is 0 Å². The topological polar surface area (TPSA) is 109 Å². The Morgan fingerprint density at radius 1 is 0.962 bits per heavy atom. The van der Waals surface area contributed by atoms with E-state index < -0.39 is 35.4 Å². The summed E-state index contributed by atoms with van der Waals surface area (Å²) in [4.78, 5) is 9.87. The molecule has 0 radical (unpaired) electrons. The fraction of sp³-hybridized carbons (Fsp3) is 0.133. The van der Waals surface area contributed by atoms with Gasteiger partial charge in [0, 0.05) is 17.7 Å². The van der Waals surface area contributed by atoms with Gasteiger partial charge in [-0.2, -0.15) is 8.78 Å². The van der Waals surface area contributed by atoms with Crippen LogP contribution >= 0.6 is 0 Å². The second-order valence-corrected chi connectivity index (χ2v) is 8.91. The van der Waals surface area contributed by atoms with Gasteiger partial charge in [0.2, 0.25) is 9.84 Å². The zero-order chi connectivity index (χ0) is 19.1. The molecule has 1 amide bonds. The minimum Gasteiger partial charge on any atom is -0.348 e. The van der Waals surface area contributed by atoms with Gasteiger partial charge in [-0.3, -0.25) is 9.52 Å². The molecule has 1 aliphatic rings. The first kappa shape index (κ1) is 18.3. The number of halogens is 2. The molecule has 0 aromatic heterocycles. The molecule has 138 valence electrons. The number of sulfone groups is 1. The van der Waals surface area contributed by atoms with Crippen LogP contribution in [0.2, 0.25) is 0 Å². The maximum Gasteiger partial charge on any atom is 0.341 e. The first-order chi connectivity index (χ1) is 12.1. The minimum absolute atomic E-state index is 0.0603. The molecule has 0 atom stereocenters. The van der Waals surface area contributed by atoms with Crippen molar-refractivity contribution in [3.05, 3.63) is 53.6 Å². The normalized spacial score (nSPS) is 14.2. The van der Waals surface area contributed by atoms with Crippen molar-refractivity contribution in [1.82, 2.24) is 5.32 Å². The van der Waals surface area contributed by atoms with Crippen LogP contribution in [0.5, 0.6) is 0 Å². The van der Waals surface area contributed by atoms with Gasteiger partial charge in [0.25, 0.3) is 15.9 Å². The Morgan fingerprint density at radius 3 is 2.27 bits per heavy atom. The SMILES string of the molecule is O=C1NCc2c(NS(=O)(=O)c3ccccc3S(=O)(=O)C(F)F)cccc21. The zero-order valence-electron chi connectivity index (χ0n) is 12.9. The Labute approximate surface area is 148 Å². The second kappa shape index (κ2) is 6.32. The van der Waals surface area contributed by atoms with Crippen LogP contribution in [0.4, 0.5) is 14.5 Å². The van der Waals surface area contributed by atoms with Crippen LogP contribution in [-0.4, -0.2) is 28.5 Å². The quantitative estimate of drug-likeness (QED) is 0.792. The maximum atomic E-state index is 12.9. The Hall–Kier alpha value is -2.53. The fourth-order valence-corrected chi connectivity index (χ4v) is 5.22. The van der Waals surface area contributed by atoms with Gasteiger partial charge in [-0.1, -0.05) is 18.2 Å². The lowest BCUT2D eigenvalue weighted by Crippen LogP contribution is -2.20. The summed E-state index contributed by atoms with van der Waals surface area (Å²) >= 11 is 0. The molecule has 7 nitrogen and oxygen atoms in total. The van der Waals surface area contributed by atoms with Gasteiger partial charge in [0.1, 0.15) is 4.90 Å². The summed E-state index contributed by atoms with van der Waals surface area (Å²) in [5, 5.41) is 2.53. The van der Waals surface area contributed by atoms with Crippen molar-refractivity contribution in [2.45, 2.75) is 22.1 Å². The molecule has 0 bridgehead atoms. The highest BCUT2D eigenvalue weighted by Crippen LogP contribution is 2.30. The van der Waals surface area contributed by atoms with E-state index >= 15 is 0 Å². The molecule has 2 aromatic carbocycles. The number of fused-ring (bicyclic) bond motifs is 1. The van der Waals surface area contributed by atoms with Crippen LogP contribution < -0.4 is 10.0 Å². The molecule has 0 saturated carbocycles. The summed E-state index contributed by atoms with van der Waals surface area (Å²) in [7, 11) is -9.62. The summed E-state index contributed by atoms with van der Waals surface area (Å²) in [6.07, 6.45) is 0. The Morgan fingerprint density at radius 2 is 1.62 bits per heavy atom. The molecule has 0 saturated heterocycles. The number of hydrogen-bond donors (Lipinski definition) is 2. The van der Waals surface area contributed by atoms with Crippen LogP contribution in [0.15, 0.2) is 52.3 Å². The van der Waals surface area contributed by atoms with Crippen LogP contribution in [-0.2, 0) is 26.4 Å². The Bertz CT molecular complexity index is 1100. The van der Waals surface area contributed by atoms with Gasteiger partial charge in [0.15, 0.2) is 0 Å². The van der Waals surface area contributed by atoms with Crippen LogP contribution in [0, 0.1) is 0 Å². The van der Waals surface area contributed by atoms with Crippen LogP contribution in [0.3, 0.4) is 0 Å². The van der Waals surface area contributed by atoms with E-state index in [-0.39, 0.29) is 23.7 Å². The van der Waals surface area contributed by atoms with Crippen molar-refractivity contribution >= 4 is 31.5 Å². The number of carbonyl (C=O) groups excluding carboxylic acids is 1. The van der Waals surface area contributed by atoms with Gasteiger partial charge >= 0.3 is 5.76 Å². The number of alkyl halides is 2. The first-order valence-electron chi connectivity index (χ1n) is 7.18. The zero-order valence-corrected chi connectivity index (χ0v) is 14.6. The monoisotopic (exact) mass is 402 g/mol. The van der Waals surface area contributed by atoms with Crippen molar-refractivity contribution in [1.29, 1.82) is 0 Å². The van der Waals surface area contributed by atoms with E-state index in [2.05, 4.69) is 10.0 Å². The van der Waals surface area contributed by atoms with E-state index in [1.807, 2.05) is 0 Å². The number of rotatable bonds is 5. The van der Waals surface area contributed by atoms with Gasteiger partial charge < -0.3 is 5.32 Å². The molecule has 0 unspecified atom stereocenters. The Kier molecular flexibility index (Phi) is 4.44. The Balaban J connectivity index is 2.09. The molecule has 26 heavy (non-hydrogen) atoms. The summed E-state index contributed by atoms with van der Waals surface area (Å²) in [6, 6.07) is 8.44. The summed E-state index contributed by atoms with van der Waals surface area (Å²) in [6.45, 7) is 0.0871. The lowest BCUT2D eigenvalue weighted by atomic mass is 10.1. The molecular weight excluding hydrogens is 390 g/mol. The maximum absolute atomic E-state index is 12.9. The van der Waals surface area contributed by atoms with E-state index in [0.29, 0.717) is 5.56 Å². The average molecular weight is 402 g/mol. The number of amides is 1. The second-order valence-electron chi connectivity index (χ2n) is 5.37. The third kappa shape index (κ3) is 3.03. The van der Waals surface area contributed by atoms with Gasteiger partial charge in [-0.25, -0.2) is 16.8 Å². The third-order valence-electron chi connectivity index (χ3n) is 3.77. The van der Waals surface area contributed by atoms with Crippen molar-refractivity contribution in [3.8, 4) is 0 Å². The van der Waals surface area contributed by atoms with Crippen molar-refractivity contribution in [2.75, 3.05) is 4.72 Å². The average Bonchev–Trinajstić information content (AvgIpc) is 2.97. The van der Waals surface area contributed by atoms with E-state index in [4.69, 9.17) is 0 Å². The van der Waals surface area contributed by atoms with Crippen LogP contribution in [0.25, 0.3) is 0 Å². The highest BCUT2D eigenvalue weighted by atomic mass is 32.2. The lowest BCUT2D eigenvalue weighted by molar-refractivity contribution is 0.0965. The summed E-state index contributed by atoms with van der Waals surface area (Å²) in [5.41, 5.74) is 0.721. The largest absolute Gasteiger partial charge is 0.348 e. The number of anilines is 1. The van der Waals surface area contributed by atoms with Gasteiger partial charge in [-0.05, 0) is 24.3 Å². The lowest BCUT2D eigenvalue weighted by Gasteiger charge is -2.14. The number of benzene rings is 2. The third-order valence-corrected chi connectivity index (χ3v) is 6.76. The van der Waals surface area contributed by atoms with E-state index in [1.54, 1.807) is 0 Å². The van der Waals surface area contributed by atoms with Gasteiger partial charge in [-0.15, -0.1) is 0 Å². The number of hydrogen-bond acceptors (Lipinski definition) is 5. The molecule has 2 N–H and O–H groups in total. The highest BCUT2D eigenvalue weighted by molar-refractivity contribution is 7.95. The van der Waals surface area contributed by atoms with E-state index in [0.717, 1.165) is 18.2 Å². The molecule has 1 heterocycles. The molecule has 0 spiro atoms. The standard InChI is InChI=1S/C15H12F2N2O5S2/c16-15(17)25(21,22)12-6-1-2-7-13(12)26(23,24)19-11-5-3-4-9-10(11)8-18-14(9)20/h1-7,15,19H,8H2,(H,18,20). The molecule has 0 fully saturated rings. The van der Waals surface area contributed by atoms with Crippen molar-refractivity contribution in [3.63, 3.8) is 0 Å². The fourth-order valence-electron chi connectivity index (χ4n) is 2.55. The molecule has 0 aliphatic carbocycles. The molecule has 1 aliphatic heterocycles. The molecule has 2 aromatic rings. The highest BCUT2D eigenvalue weighted by Gasteiger charge is 2.33. The van der Waals surface area contributed by atoms with E-state index in [9.17, 15) is 30.4 Å². The number of nitrogens with one attached hydrogen (secondary N) is 2. The predicted molar refractivity (Wildman–Crippen MR) is 88.1 cm³/mol. The molecular formula is C15H12F2N2O5S2. The van der Waals surface area contributed by atoms with Crippen LogP contribution in [0.1, 0.15) is 15.9 Å². The molecule has 11 heteroatoms. The minimum atomic E-state index is -5.12. The number of carbonyl (C=O) groups is 1. The van der Waals surface area contributed by atoms with Gasteiger partial charge in [0.05, 0.1) is 10.6 Å². The van der Waals surface area contributed by atoms with E-state index in [1.165, 1.54) is 24.3 Å². The summed E-state index contributed by atoms with van der Waals surface area (Å²) < 4.78 is 76.8. The number of sulfonamides is 1. The predicted octanol–water partition coefficient (Wildman–Crippen LogP) is 1.73.